The lowest BCUT2D eigenvalue weighted by molar-refractivity contribution is -0.142. The van der Waals surface area contributed by atoms with Gasteiger partial charge in [-0.2, -0.15) is 5.26 Å². The number of nitrogens with zero attached hydrogens (tertiary/aromatic N) is 3. The molecule has 1 aromatic rings. The third kappa shape index (κ3) is 4.61. The van der Waals surface area contributed by atoms with Gasteiger partial charge in [-0.1, -0.05) is 0 Å². The molecule has 1 saturated carbocycles. The van der Waals surface area contributed by atoms with Crippen LogP contribution in [0.5, 0.6) is 0 Å². The Kier molecular flexibility index (Phi) is 6.20. The predicted octanol–water partition coefficient (Wildman–Crippen LogP) is 2.38. The average molecular weight is 475 g/mol. The minimum absolute atomic E-state index is 0.00222. The van der Waals surface area contributed by atoms with E-state index in [1.807, 2.05) is 11.0 Å². The van der Waals surface area contributed by atoms with E-state index in [1.54, 1.807) is 30.0 Å². The summed E-state index contributed by atoms with van der Waals surface area (Å²) in [7, 11) is -3.94. The molecule has 1 aliphatic heterocycles. The Balaban J connectivity index is 1.51. The lowest BCUT2D eigenvalue weighted by Gasteiger charge is -2.43. The van der Waals surface area contributed by atoms with Crippen molar-refractivity contribution in [3.8, 4) is 6.07 Å². The van der Waals surface area contributed by atoms with Gasteiger partial charge in [0.25, 0.3) is 0 Å². The second-order valence-corrected chi connectivity index (χ2v) is 10.6. The van der Waals surface area contributed by atoms with E-state index in [2.05, 4.69) is 0 Å². The SMILES string of the molecule is CC1(C(=O)N2CCN(c3ccc(C#N)cc3F)CC2)CC(S(N)(=O)=O)=CC=C1OC1CCC1. The molecular weight excluding hydrogens is 447 g/mol. The molecule has 4 rings (SSSR count). The van der Waals surface area contributed by atoms with Crippen LogP contribution in [0.3, 0.4) is 0 Å². The molecule has 0 radical (unpaired) electrons. The number of rotatable bonds is 5. The summed E-state index contributed by atoms with van der Waals surface area (Å²) in [6, 6.07) is 6.25. The number of amides is 1. The molecule has 0 bridgehead atoms. The first-order chi connectivity index (χ1) is 15.6. The number of ether oxygens (including phenoxy) is 1. The van der Waals surface area contributed by atoms with Crippen molar-refractivity contribution in [1.29, 1.82) is 5.26 Å². The molecule has 8 nitrogen and oxygen atoms in total. The molecule has 3 aliphatic rings. The second-order valence-electron chi connectivity index (χ2n) is 8.95. The van der Waals surface area contributed by atoms with Crippen LogP contribution in [0.2, 0.25) is 0 Å². The summed E-state index contributed by atoms with van der Waals surface area (Å²) >= 11 is 0. The summed E-state index contributed by atoms with van der Waals surface area (Å²) in [6.45, 7) is 3.21. The van der Waals surface area contributed by atoms with Crippen LogP contribution < -0.4 is 10.0 Å². The smallest absolute Gasteiger partial charge is 0.236 e. The highest BCUT2D eigenvalue weighted by Crippen LogP contribution is 2.43. The first-order valence-electron chi connectivity index (χ1n) is 11.0. The van der Waals surface area contributed by atoms with Crippen LogP contribution in [0.25, 0.3) is 0 Å². The Labute approximate surface area is 193 Å². The number of hydrogen-bond acceptors (Lipinski definition) is 6. The molecule has 1 saturated heterocycles. The van der Waals surface area contributed by atoms with E-state index >= 15 is 0 Å². The Morgan fingerprint density at radius 2 is 1.94 bits per heavy atom. The molecule has 1 amide bonds. The van der Waals surface area contributed by atoms with Crippen LogP contribution in [0, 0.1) is 22.6 Å². The molecule has 1 atom stereocenters. The Hall–Kier alpha value is -2.90. The molecule has 33 heavy (non-hydrogen) atoms. The van der Waals surface area contributed by atoms with Crippen LogP contribution in [0.15, 0.2) is 41.0 Å². The fourth-order valence-corrected chi connectivity index (χ4v) is 5.14. The van der Waals surface area contributed by atoms with Gasteiger partial charge in [0.05, 0.1) is 28.3 Å². The number of sulfonamides is 1. The molecule has 10 heteroatoms. The van der Waals surface area contributed by atoms with Gasteiger partial charge in [0.15, 0.2) is 0 Å². The van der Waals surface area contributed by atoms with E-state index in [1.165, 1.54) is 12.1 Å². The number of halogens is 1. The third-order valence-electron chi connectivity index (χ3n) is 6.66. The molecule has 2 aliphatic carbocycles. The molecule has 1 aromatic carbocycles. The van der Waals surface area contributed by atoms with Gasteiger partial charge in [0.2, 0.25) is 15.9 Å². The van der Waals surface area contributed by atoms with Crippen molar-refractivity contribution < 1.29 is 22.3 Å². The number of anilines is 1. The molecule has 176 valence electrons. The van der Waals surface area contributed by atoms with Crippen molar-refractivity contribution in [3.63, 3.8) is 0 Å². The standard InChI is InChI=1S/C23H27FN4O4S/c1-23(14-18(33(26,30)31)6-8-21(23)32-17-3-2-4-17)22(29)28-11-9-27(10-12-28)20-7-5-16(15-25)13-19(20)24/h5-8,13,17H,2-4,9-12,14H2,1H3,(H2,26,30,31). The lowest BCUT2D eigenvalue weighted by Crippen LogP contribution is -2.54. The average Bonchev–Trinajstić information content (AvgIpc) is 2.76. The van der Waals surface area contributed by atoms with Crippen LogP contribution in [-0.2, 0) is 19.6 Å². The first-order valence-corrected chi connectivity index (χ1v) is 12.5. The quantitative estimate of drug-likeness (QED) is 0.700. The number of carbonyl (C=O) groups is 1. The van der Waals surface area contributed by atoms with Crippen LogP contribution in [0.4, 0.5) is 10.1 Å². The monoisotopic (exact) mass is 474 g/mol. The highest BCUT2D eigenvalue weighted by molar-refractivity contribution is 7.93. The molecule has 2 fully saturated rings. The maximum Gasteiger partial charge on any atom is 0.236 e. The van der Waals surface area contributed by atoms with Gasteiger partial charge in [0.1, 0.15) is 17.0 Å². The number of benzene rings is 1. The van der Waals surface area contributed by atoms with Gasteiger partial charge in [-0.05, 0) is 56.5 Å². The zero-order valence-corrected chi connectivity index (χ0v) is 19.3. The predicted molar refractivity (Wildman–Crippen MR) is 121 cm³/mol. The van der Waals surface area contributed by atoms with E-state index in [-0.39, 0.29) is 28.9 Å². The molecule has 0 spiro atoms. The molecule has 0 aromatic heterocycles. The number of carbonyl (C=O) groups excluding carboxylic acids is 1. The first kappa shape index (κ1) is 23.3. The van der Waals surface area contributed by atoms with Gasteiger partial charge in [-0.15, -0.1) is 0 Å². The van der Waals surface area contributed by atoms with Gasteiger partial charge >= 0.3 is 0 Å². The topological polar surface area (TPSA) is 117 Å². The van der Waals surface area contributed by atoms with Gasteiger partial charge in [-0.3, -0.25) is 4.79 Å². The lowest BCUT2D eigenvalue weighted by atomic mass is 9.79. The fraction of sp³-hybridized carbons (Fsp3) is 0.478. The van der Waals surface area contributed by atoms with E-state index in [0.29, 0.717) is 37.6 Å². The Morgan fingerprint density at radius 1 is 1.24 bits per heavy atom. The van der Waals surface area contributed by atoms with Crippen molar-refractivity contribution in [3.05, 3.63) is 52.4 Å². The largest absolute Gasteiger partial charge is 0.494 e. The van der Waals surface area contributed by atoms with E-state index < -0.39 is 21.3 Å². The number of nitrogens with two attached hydrogens (primary N) is 1. The van der Waals surface area contributed by atoms with Gasteiger partial charge in [-0.25, -0.2) is 17.9 Å². The van der Waals surface area contributed by atoms with E-state index in [9.17, 15) is 17.6 Å². The van der Waals surface area contributed by atoms with Gasteiger partial charge in [0, 0.05) is 32.6 Å². The van der Waals surface area contributed by atoms with Crippen molar-refractivity contribution in [2.75, 3.05) is 31.1 Å². The maximum atomic E-state index is 14.4. The summed E-state index contributed by atoms with van der Waals surface area (Å²) in [5.41, 5.74) is -0.549. The fourth-order valence-electron chi connectivity index (χ4n) is 4.39. The summed E-state index contributed by atoms with van der Waals surface area (Å²) in [4.78, 5) is 17.2. The maximum absolute atomic E-state index is 14.4. The molecule has 1 heterocycles. The third-order valence-corrected chi connectivity index (χ3v) is 7.67. The summed E-state index contributed by atoms with van der Waals surface area (Å²) in [6.07, 6.45) is 5.82. The Morgan fingerprint density at radius 3 is 2.48 bits per heavy atom. The molecular formula is C23H27FN4O4S. The number of primary sulfonamides is 1. The zero-order valence-electron chi connectivity index (χ0n) is 18.5. The number of hydrogen-bond donors (Lipinski definition) is 1. The van der Waals surface area contributed by atoms with Crippen molar-refractivity contribution in [2.24, 2.45) is 10.6 Å². The van der Waals surface area contributed by atoms with Crippen LogP contribution in [0.1, 0.15) is 38.2 Å². The molecule has 1 unspecified atom stereocenters. The minimum Gasteiger partial charge on any atom is -0.494 e. The normalized spacial score (nSPS) is 23.8. The highest BCUT2D eigenvalue weighted by atomic mass is 32.2. The number of piperazine rings is 1. The molecule has 2 N–H and O–H groups in total. The Bertz CT molecular complexity index is 1160. The van der Waals surface area contributed by atoms with Gasteiger partial charge < -0.3 is 14.5 Å². The van der Waals surface area contributed by atoms with Crippen molar-refractivity contribution >= 4 is 21.6 Å². The highest BCUT2D eigenvalue weighted by Gasteiger charge is 2.46. The van der Waals surface area contributed by atoms with Crippen molar-refractivity contribution in [1.82, 2.24) is 4.90 Å². The zero-order chi connectivity index (χ0) is 23.8. The summed E-state index contributed by atoms with van der Waals surface area (Å²) in [5, 5.41) is 14.3. The number of allylic oxidation sites excluding steroid dienone is 3. The van der Waals surface area contributed by atoms with E-state index in [4.69, 9.17) is 15.1 Å². The summed E-state index contributed by atoms with van der Waals surface area (Å²) < 4.78 is 44.5. The second kappa shape index (κ2) is 8.80. The van der Waals surface area contributed by atoms with E-state index in [0.717, 1.165) is 19.3 Å². The minimum atomic E-state index is -3.94. The van der Waals surface area contributed by atoms with Crippen LogP contribution >= 0.6 is 0 Å². The summed E-state index contributed by atoms with van der Waals surface area (Å²) in [5.74, 6) is -0.248. The number of nitriles is 1. The van der Waals surface area contributed by atoms with Crippen molar-refractivity contribution in [2.45, 2.75) is 38.7 Å². The van der Waals surface area contributed by atoms with Crippen LogP contribution in [-0.4, -0.2) is 51.5 Å².